The van der Waals surface area contributed by atoms with E-state index in [0.29, 0.717) is 11.3 Å². The largest absolute Gasteiger partial charge is 0.399 e. The van der Waals surface area contributed by atoms with Crippen LogP contribution in [-0.2, 0) is 10.0 Å². The summed E-state index contributed by atoms with van der Waals surface area (Å²) in [6.45, 7) is 3.05. The van der Waals surface area contributed by atoms with Crippen molar-refractivity contribution >= 4 is 38.0 Å². The lowest BCUT2D eigenvalue weighted by Crippen LogP contribution is -2.14. The summed E-state index contributed by atoms with van der Waals surface area (Å²) in [6.07, 6.45) is 0. The van der Waals surface area contributed by atoms with Gasteiger partial charge in [0.1, 0.15) is 5.69 Å². The molecular formula is C12H13N3O3S2. The molecule has 0 aliphatic carbocycles. The maximum atomic E-state index is 12.3. The SMILES string of the molecule is CC(=O)c1csc(NS(=O)(=O)c2cc(N)ccc2C)n1. The van der Waals surface area contributed by atoms with Crippen LogP contribution in [-0.4, -0.2) is 19.2 Å². The zero-order valence-electron chi connectivity index (χ0n) is 10.9. The molecule has 8 heteroatoms. The van der Waals surface area contributed by atoms with E-state index in [1.807, 2.05) is 0 Å². The highest BCUT2D eigenvalue weighted by molar-refractivity contribution is 7.93. The van der Waals surface area contributed by atoms with Crippen LogP contribution in [0.15, 0.2) is 28.5 Å². The average Bonchev–Trinajstić information content (AvgIpc) is 2.80. The molecule has 0 atom stereocenters. The van der Waals surface area contributed by atoms with Crippen molar-refractivity contribution in [2.75, 3.05) is 10.5 Å². The molecule has 0 amide bonds. The van der Waals surface area contributed by atoms with Gasteiger partial charge in [0.25, 0.3) is 10.0 Å². The van der Waals surface area contributed by atoms with Crippen LogP contribution in [0.1, 0.15) is 23.0 Å². The summed E-state index contributed by atoms with van der Waals surface area (Å²) >= 11 is 1.06. The number of rotatable bonds is 4. The first-order valence-electron chi connectivity index (χ1n) is 5.65. The van der Waals surface area contributed by atoms with Crippen molar-refractivity contribution in [3.63, 3.8) is 0 Å². The lowest BCUT2D eigenvalue weighted by atomic mass is 10.2. The Balaban J connectivity index is 2.35. The lowest BCUT2D eigenvalue weighted by Gasteiger charge is -2.08. The number of hydrogen-bond acceptors (Lipinski definition) is 6. The Morgan fingerprint density at radius 2 is 2.10 bits per heavy atom. The summed E-state index contributed by atoms with van der Waals surface area (Å²) in [5.74, 6) is -0.216. The van der Waals surface area contributed by atoms with Crippen LogP contribution in [0, 0.1) is 6.92 Å². The van der Waals surface area contributed by atoms with Crippen LogP contribution in [0.4, 0.5) is 10.8 Å². The van der Waals surface area contributed by atoms with Crippen LogP contribution in [0.5, 0.6) is 0 Å². The Morgan fingerprint density at radius 3 is 2.70 bits per heavy atom. The van der Waals surface area contributed by atoms with Gasteiger partial charge < -0.3 is 5.73 Å². The van der Waals surface area contributed by atoms with E-state index in [2.05, 4.69) is 9.71 Å². The topological polar surface area (TPSA) is 102 Å². The fourth-order valence-electron chi connectivity index (χ4n) is 1.56. The number of sulfonamides is 1. The molecule has 0 unspecified atom stereocenters. The second kappa shape index (κ2) is 5.22. The van der Waals surface area contributed by atoms with Crippen LogP contribution < -0.4 is 10.5 Å². The zero-order chi connectivity index (χ0) is 14.9. The van der Waals surface area contributed by atoms with E-state index < -0.39 is 10.0 Å². The number of benzene rings is 1. The number of nitrogens with zero attached hydrogens (tertiary/aromatic N) is 1. The Bertz CT molecular complexity index is 766. The molecule has 106 valence electrons. The first-order chi connectivity index (χ1) is 9.29. The van der Waals surface area contributed by atoms with E-state index in [4.69, 9.17) is 5.73 Å². The van der Waals surface area contributed by atoms with E-state index in [0.717, 1.165) is 11.3 Å². The second-order valence-electron chi connectivity index (χ2n) is 4.22. The molecule has 0 spiro atoms. The number of anilines is 2. The van der Waals surface area contributed by atoms with Crippen molar-refractivity contribution in [1.29, 1.82) is 0 Å². The monoisotopic (exact) mass is 311 g/mol. The molecule has 0 saturated carbocycles. The number of nitrogen functional groups attached to an aromatic ring is 1. The van der Waals surface area contributed by atoms with Gasteiger partial charge in [0, 0.05) is 18.0 Å². The van der Waals surface area contributed by atoms with Gasteiger partial charge in [0.05, 0.1) is 4.90 Å². The Hall–Kier alpha value is -1.93. The molecule has 0 bridgehead atoms. The highest BCUT2D eigenvalue weighted by Crippen LogP contribution is 2.23. The molecule has 2 rings (SSSR count). The summed E-state index contributed by atoms with van der Waals surface area (Å²) in [4.78, 5) is 15.2. The third kappa shape index (κ3) is 2.97. The van der Waals surface area contributed by atoms with Crippen molar-refractivity contribution < 1.29 is 13.2 Å². The van der Waals surface area contributed by atoms with Gasteiger partial charge in [-0.15, -0.1) is 11.3 Å². The maximum absolute atomic E-state index is 12.3. The summed E-state index contributed by atoms with van der Waals surface area (Å²) in [7, 11) is -3.77. The van der Waals surface area contributed by atoms with Crippen LogP contribution in [0.3, 0.4) is 0 Å². The van der Waals surface area contributed by atoms with Crippen molar-refractivity contribution in [3.05, 3.63) is 34.8 Å². The minimum absolute atomic E-state index is 0.0945. The third-order valence-electron chi connectivity index (χ3n) is 2.59. The first kappa shape index (κ1) is 14.5. The van der Waals surface area contributed by atoms with Gasteiger partial charge in [-0.3, -0.25) is 9.52 Å². The number of aromatic nitrogens is 1. The molecule has 20 heavy (non-hydrogen) atoms. The minimum Gasteiger partial charge on any atom is -0.399 e. The molecule has 0 radical (unpaired) electrons. The van der Waals surface area contributed by atoms with Crippen LogP contribution in [0.25, 0.3) is 0 Å². The smallest absolute Gasteiger partial charge is 0.264 e. The second-order valence-corrected chi connectivity index (χ2v) is 6.73. The Kier molecular flexibility index (Phi) is 3.78. The molecule has 3 N–H and O–H groups in total. The number of aryl methyl sites for hydroxylation is 1. The molecule has 0 fully saturated rings. The normalized spacial score (nSPS) is 11.3. The number of carbonyl (C=O) groups is 1. The first-order valence-corrected chi connectivity index (χ1v) is 8.01. The predicted octanol–water partition coefficient (Wildman–Crippen LogP) is 2.04. The molecule has 6 nitrogen and oxygen atoms in total. The predicted molar refractivity (Wildman–Crippen MR) is 78.5 cm³/mol. The Labute approximate surface area is 120 Å². The van der Waals surface area contributed by atoms with Crippen molar-refractivity contribution in [2.24, 2.45) is 0 Å². The minimum atomic E-state index is -3.77. The fraction of sp³-hybridized carbons (Fsp3) is 0.167. The van der Waals surface area contributed by atoms with Crippen LogP contribution in [0.2, 0.25) is 0 Å². The standard InChI is InChI=1S/C12H13N3O3S2/c1-7-3-4-9(13)5-11(7)20(17,18)15-12-14-10(6-19-12)8(2)16/h3-6H,13H2,1-2H3,(H,14,15). The highest BCUT2D eigenvalue weighted by Gasteiger charge is 2.19. The van der Waals surface area contributed by atoms with Gasteiger partial charge >= 0.3 is 0 Å². The van der Waals surface area contributed by atoms with E-state index in [1.165, 1.54) is 18.4 Å². The lowest BCUT2D eigenvalue weighted by molar-refractivity contribution is 0.101. The number of hydrogen-bond donors (Lipinski definition) is 2. The van der Waals surface area contributed by atoms with Crippen molar-refractivity contribution in [1.82, 2.24) is 4.98 Å². The van der Waals surface area contributed by atoms with Crippen LogP contribution >= 0.6 is 11.3 Å². The van der Waals surface area contributed by atoms with Gasteiger partial charge in [0.2, 0.25) is 0 Å². The quantitative estimate of drug-likeness (QED) is 0.664. The molecule has 1 heterocycles. The third-order valence-corrected chi connectivity index (χ3v) is 4.96. The highest BCUT2D eigenvalue weighted by atomic mass is 32.2. The maximum Gasteiger partial charge on any atom is 0.264 e. The van der Waals surface area contributed by atoms with E-state index in [9.17, 15) is 13.2 Å². The van der Waals surface area contributed by atoms with Gasteiger partial charge in [-0.05, 0) is 24.6 Å². The molecule has 0 aliphatic heterocycles. The average molecular weight is 311 g/mol. The van der Waals surface area contributed by atoms with E-state index >= 15 is 0 Å². The number of carbonyl (C=O) groups excluding carboxylic acids is 1. The number of ketones is 1. The van der Waals surface area contributed by atoms with Gasteiger partial charge in [-0.2, -0.15) is 0 Å². The summed E-state index contributed by atoms with van der Waals surface area (Å²) in [5.41, 5.74) is 6.78. The van der Waals surface area contributed by atoms with E-state index in [1.54, 1.807) is 19.1 Å². The fourth-order valence-corrected chi connectivity index (χ4v) is 3.84. The zero-order valence-corrected chi connectivity index (χ0v) is 12.5. The summed E-state index contributed by atoms with van der Waals surface area (Å²) < 4.78 is 26.9. The van der Waals surface area contributed by atoms with E-state index in [-0.39, 0.29) is 21.5 Å². The van der Waals surface area contributed by atoms with Crippen molar-refractivity contribution in [3.8, 4) is 0 Å². The van der Waals surface area contributed by atoms with Crippen molar-refractivity contribution in [2.45, 2.75) is 18.7 Å². The number of Topliss-reactive ketones (excluding diaryl/α,β-unsaturated/α-hetero) is 1. The molecule has 1 aromatic carbocycles. The number of thiazole rings is 1. The summed E-state index contributed by atoms with van der Waals surface area (Å²) in [6, 6.07) is 4.65. The van der Waals surface area contributed by atoms with Gasteiger partial charge in [-0.1, -0.05) is 6.07 Å². The molecular weight excluding hydrogens is 298 g/mol. The van der Waals surface area contributed by atoms with Gasteiger partial charge in [-0.25, -0.2) is 13.4 Å². The molecule has 0 saturated heterocycles. The number of nitrogens with two attached hydrogens (primary N) is 1. The Morgan fingerprint density at radius 1 is 1.40 bits per heavy atom. The molecule has 0 aliphatic rings. The van der Waals surface area contributed by atoms with Gasteiger partial charge in [0.15, 0.2) is 10.9 Å². The number of nitrogens with one attached hydrogen (secondary N) is 1. The summed E-state index contributed by atoms with van der Waals surface area (Å²) in [5, 5.41) is 1.66. The molecule has 1 aromatic heterocycles. The molecule has 2 aromatic rings.